The van der Waals surface area contributed by atoms with Gasteiger partial charge in [-0.25, -0.2) is 14.5 Å². The number of nitrogens with zero attached hydrogens (tertiary/aromatic N) is 3. The summed E-state index contributed by atoms with van der Waals surface area (Å²) in [5.74, 6) is 1.42. The molecule has 0 aliphatic heterocycles. The van der Waals surface area contributed by atoms with E-state index in [0.29, 0.717) is 12.5 Å². The summed E-state index contributed by atoms with van der Waals surface area (Å²) in [5.41, 5.74) is 2.00. The third kappa shape index (κ3) is 3.59. The minimum Gasteiger partial charge on any atom is -0.338 e. The SMILES string of the molecule is C[C@@H]1C[C@H]1CNC(=O)NCc1ccc(-n2cncn2)cc1. The zero-order valence-corrected chi connectivity index (χ0v) is 12.0. The lowest BCUT2D eigenvalue weighted by Gasteiger charge is -2.08. The largest absolute Gasteiger partial charge is 0.338 e. The standard InChI is InChI=1S/C15H19N5O/c1-11-6-13(11)8-18-15(21)17-7-12-2-4-14(5-3-12)20-10-16-9-19-20/h2-5,9-11,13H,6-8H2,1H3,(H2,17,18,21)/t11-,13+/m1/s1. The molecule has 1 saturated carbocycles. The molecule has 21 heavy (non-hydrogen) atoms. The molecule has 0 saturated heterocycles. The zero-order valence-electron chi connectivity index (χ0n) is 12.0. The number of carbonyl (C=O) groups excluding carboxylic acids is 1. The van der Waals surface area contributed by atoms with Crippen molar-refractivity contribution in [2.45, 2.75) is 19.9 Å². The van der Waals surface area contributed by atoms with E-state index in [2.05, 4.69) is 27.6 Å². The molecule has 0 spiro atoms. The van der Waals surface area contributed by atoms with Crippen LogP contribution in [0.4, 0.5) is 4.79 Å². The first-order valence-electron chi connectivity index (χ1n) is 7.18. The third-order valence-corrected chi connectivity index (χ3v) is 3.87. The van der Waals surface area contributed by atoms with Crippen molar-refractivity contribution in [2.24, 2.45) is 11.8 Å². The van der Waals surface area contributed by atoms with E-state index in [1.807, 2.05) is 24.3 Å². The van der Waals surface area contributed by atoms with Gasteiger partial charge in [0.25, 0.3) is 0 Å². The lowest BCUT2D eigenvalue weighted by molar-refractivity contribution is 0.240. The van der Waals surface area contributed by atoms with E-state index in [1.54, 1.807) is 11.0 Å². The highest BCUT2D eigenvalue weighted by Gasteiger charge is 2.32. The van der Waals surface area contributed by atoms with E-state index in [9.17, 15) is 4.79 Å². The molecule has 0 unspecified atom stereocenters. The molecule has 6 nitrogen and oxygen atoms in total. The summed E-state index contributed by atoms with van der Waals surface area (Å²) < 4.78 is 1.70. The maximum absolute atomic E-state index is 11.7. The first kappa shape index (κ1) is 13.6. The van der Waals surface area contributed by atoms with Gasteiger partial charge in [0, 0.05) is 13.1 Å². The third-order valence-electron chi connectivity index (χ3n) is 3.87. The van der Waals surface area contributed by atoms with Crippen LogP contribution in [0, 0.1) is 11.8 Å². The fraction of sp³-hybridized carbons (Fsp3) is 0.400. The number of benzene rings is 1. The number of hydrogen-bond acceptors (Lipinski definition) is 3. The molecule has 1 heterocycles. The van der Waals surface area contributed by atoms with Gasteiger partial charge in [0.1, 0.15) is 12.7 Å². The number of hydrogen-bond donors (Lipinski definition) is 2. The number of carbonyl (C=O) groups is 1. The molecule has 110 valence electrons. The number of nitrogens with one attached hydrogen (secondary N) is 2. The first-order valence-corrected chi connectivity index (χ1v) is 7.18. The second kappa shape index (κ2) is 5.95. The summed E-state index contributed by atoms with van der Waals surface area (Å²) in [6.07, 6.45) is 4.38. The summed E-state index contributed by atoms with van der Waals surface area (Å²) in [6, 6.07) is 7.75. The number of aromatic nitrogens is 3. The normalized spacial score (nSPS) is 20.0. The molecular formula is C15H19N5O. The van der Waals surface area contributed by atoms with Crippen LogP contribution >= 0.6 is 0 Å². The van der Waals surface area contributed by atoms with Gasteiger partial charge in [-0.2, -0.15) is 5.10 Å². The Morgan fingerprint density at radius 3 is 2.71 bits per heavy atom. The molecule has 1 aliphatic rings. The molecule has 2 N–H and O–H groups in total. The predicted octanol–water partition coefficient (Wildman–Crippen LogP) is 1.72. The smallest absolute Gasteiger partial charge is 0.315 e. The Morgan fingerprint density at radius 1 is 1.33 bits per heavy atom. The number of urea groups is 1. The van der Waals surface area contributed by atoms with Crippen LogP contribution in [0.25, 0.3) is 5.69 Å². The van der Waals surface area contributed by atoms with Crippen LogP contribution in [0.1, 0.15) is 18.9 Å². The van der Waals surface area contributed by atoms with Gasteiger partial charge in [-0.15, -0.1) is 0 Å². The van der Waals surface area contributed by atoms with Crippen molar-refractivity contribution in [3.8, 4) is 5.69 Å². The molecule has 2 amide bonds. The van der Waals surface area contributed by atoms with Crippen LogP contribution in [-0.4, -0.2) is 27.3 Å². The van der Waals surface area contributed by atoms with Crippen molar-refractivity contribution in [1.29, 1.82) is 0 Å². The van der Waals surface area contributed by atoms with Crippen molar-refractivity contribution in [2.75, 3.05) is 6.54 Å². The average molecular weight is 285 g/mol. The topological polar surface area (TPSA) is 71.8 Å². The zero-order chi connectivity index (χ0) is 14.7. The lowest BCUT2D eigenvalue weighted by Crippen LogP contribution is -2.36. The fourth-order valence-corrected chi connectivity index (χ4v) is 2.26. The highest BCUT2D eigenvalue weighted by Crippen LogP contribution is 2.36. The Bertz CT molecular complexity index is 593. The van der Waals surface area contributed by atoms with Gasteiger partial charge < -0.3 is 10.6 Å². The average Bonchev–Trinajstić information content (AvgIpc) is 2.99. The number of amides is 2. The Labute approximate surface area is 123 Å². The predicted molar refractivity (Wildman–Crippen MR) is 78.9 cm³/mol. The van der Waals surface area contributed by atoms with Crippen molar-refractivity contribution in [3.63, 3.8) is 0 Å². The minimum absolute atomic E-state index is 0.102. The minimum atomic E-state index is -0.102. The summed E-state index contributed by atoms with van der Waals surface area (Å²) >= 11 is 0. The van der Waals surface area contributed by atoms with Gasteiger partial charge in [-0.1, -0.05) is 19.1 Å². The summed E-state index contributed by atoms with van der Waals surface area (Å²) in [4.78, 5) is 15.6. The molecule has 2 aromatic rings. The van der Waals surface area contributed by atoms with Crippen LogP contribution in [0.2, 0.25) is 0 Å². The van der Waals surface area contributed by atoms with E-state index < -0.39 is 0 Å². The second-order valence-electron chi connectivity index (χ2n) is 5.54. The quantitative estimate of drug-likeness (QED) is 0.878. The van der Waals surface area contributed by atoms with Crippen molar-refractivity contribution in [1.82, 2.24) is 25.4 Å². The summed E-state index contributed by atoms with van der Waals surface area (Å²) in [5, 5.41) is 9.84. The fourth-order valence-electron chi connectivity index (χ4n) is 2.26. The molecule has 2 atom stereocenters. The van der Waals surface area contributed by atoms with Crippen LogP contribution < -0.4 is 10.6 Å². The van der Waals surface area contributed by atoms with E-state index in [4.69, 9.17) is 0 Å². The first-order chi connectivity index (χ1) is 10.2. The Morgan fingerprint density at radius 2 is 2.10 bits per heavy atom. The van der Waals surface area contributed by atoms with Gasteiger partial charge in [-0.3, -0.25) is 0 Å². The van der Waals surface area contributed by atoms with Gasteiger partial charge >= 0.3 is 6.03 Å². The van der Waals surface area contributed by atoms with Crippen molar-refractivity contribution >= 4 is 6.03 Å². The van der Waals surface area contributed by atoms with E-state index in [-0.39, 0.29) is 6.03 Å². The van der Waals surface area contributed by atoms with E-state index >= 15 is 0 Å². The number of rotatable bonds is 5. The molecule has 1 aliphatic carbocycles. The molecular weight excluding hydrogens is 266 g/mol. The molecule has 1 aromatic carbocycles. The molecule has 0 bridgehead atoms. The molecule has 1 aromatic heterocycles. The maximum atomic E-state index is 11.7. The van der Waals surface area contributed by atoms with Crippen LogP contribution in [0.15, 0.2) is 36.9 Å². The van der Waals surface area contributed by atoms with Gasteiger partial charge in [0.15, 0.2) is 0 Å². The highest BCUT2D eigenvalue weighted by molar-refractivity contribution is 5.73. The lowest BCUT2D eigenvalue weighted by atomic mass is 10.2. The maximum Gasteiger partial charge on any atom is 0.315 e. The van der Waals surface area contributed by atoms with Crippen LogP contribution in [-0.2, 0) is 6.54 Å². The Kier molecular flexibility index (Phi) is 3.85. The second-order valence-corrected chi connectivity index (χ2v) is 5.54. The Hall–Kier alpha value is -2.37. The molecule has 0 radical (unpaired) electrons. The Balaban J connectivity index is 1.45. The van der Waals surface area contributed by atoms with Crippen LogP contribution in [0.3, 0.4) is 0 Å². The van der Waals surface area contributed by atoms with Crippen LogP contribution in [0.5, 0.6) is 0 Å². The molecule has 1 fully saturated rings. The van der Waals surface area contributed by atoms with Gasteiger partial charge in [-0.05, 0) is 36.0 Å². The summed E-state index contributed by atoms with van der Waals surface area (Å²) in [6.45, 7) is 3.50. The van der Waals surface area contributed by atoms with E-state index in [1.165, 1.54) is 12.7 Å². The van der Waals surface area contributed by atoms with Gasteiger partial charge in [0.05, 0.1) is 5.69 Å². The molecule has 3 rings (SSSR count). The monoisotopic (exact) mass is 285 g/mol. The van der Waals surface area contributed by atoms with Crippen molar-refractivity contribution < 1.29 is 4.79 Å². The highest BCUT2D eigenvalue weighted by atomic mass is 16.2. The molecule has 6 heteroatoms. The van der Waals surface area contributed by atoms with Gasteiger partial charge in [0.2, 0.25) is 0 Å². The summed E-state index contributed by atoms with van der Waals surface area (Å²) in [7, 11) is 0. The van der Waals surface area contributed by atoms with E-state index in [0.717, 1.165) is 23.7 Å². The van der Waals surface area contributed by atoms with Crippen molar-refractivity contribution in [3.05, 3.63) is 42.5 Å².